The highest BCUT2D eigenvalue weighted by Crippen LogP contribution is 2.14. The lowest BCUT2D eigenvalue weighted by molar-refractivity contribution is 0.600. The molecular weight excluding hydrogens is 276 g/mol. The summed E-state index contributed by atoms with van der Waals surface area (Å²) in [6.07, 6.45) is 2.95. The first-order valence-electron chi connectivity index (χ1n) is 5.82. The molecule has 7 heteroatoms. The molecule has 1 atom stereocenters. The number of aromatic nitrogens is 2. The van der Waals surface area contributed by atoms with Crippen LogP contribution in [0.4, 0.5) is 5.95 Å². The van der Waals surface area contributed by atoms with Crippen molar-refractivity contribution < 1.29 is 8.42 Å². The molecule has 0 amide bonds. The number of anilines is 1. The smallest absolute Gasteiger partial charge is 0.264 e. The monoisotopic (exact) mass is 290 g/mol. The fourth-order valence-corrected chi connectivity index (χ4v) is 2.48. The van der Waals surface area contributed by atoms with Crippen molar-refractivity contribution in [2.24, 2.45) is 5.73 Å². The Bertz CT molecular complexity index is 701. The lowest BCUT2D eigenvalue weighted by Crippen LogP contribution is -2.17. The minimum atomic E-state index is -3.70. The molecule has 1 heterocycles. The van der Waals surface area contributed by atoms with Crippen LogP contribution in [-0.2, 0) is 10.0 Å². The van der Waals surface area contributed by atoms with Gasteiger partial charge in [0.25, 0.3) is 10.0 Å². The Morgan fingerprint density at radius 2 is 1.95 bits per heavy atom. The van der Waals surface area contributed by atoms with Gasteiger partial charge in [-0.1, -0.05) is 24.3 Å². The van der Waals surface area contributed by atoms with E-state index in [4.69, 9.17) is 5.73 Å². The molecule has 0 bridgehead atoms. The number of rotatable bonds is 5. The fourth-order valence-electron chi connectivity index (χ4n) is 1.51. The molecule has 0 aliphatic heterocycles. The molecule has 0 saturated heterocycles. The average Bonchev–Trinajstić information content (AvgIpc) is 2.47. The first-order valence-corrected chi connectivity index (χ1v) is 7.30. The van der Waals surface area contributed by atoms with E-state index in [2.05, 4.69) is 21.3 Å². The van der Waals surface area contributed by atoms with Crippen LogP contribution in [-0.4, -0.2) is 18.4 Å². The zero-order valence-corrected chi connectivity index (χ0v) is 11.4. The average molecular weight is 290 g/mol. The minimum Gasteiger partial charge on any atom is -0.319 e. The highest BCUT2D eigenvalue weighted by Gasteiger charge is 2.15. The van der Waals surface area contributed by atoms with Crippen molar-refractivity contribution >= 4 is 16.0 Å². The van der Waals surface area contributed by atoms with Crippen LogP contribution in [0.25, 0.3) is 0 Å². The highest BCUT2D eigenvalue weighted by atomic mass is 32.2. The van der Waals surface area contributed by atoms with Crippen molar-refractivity contribution in [2.45, 2.75) is 10.9 Å². The Hall–Kier alpha value is -2.25. The third kappa shape index (κ3) is 3.19. The van der Waals surface area contributed by atoms with Crippen LogP contribution in [0.15, 0.2) is 60.1 Å². The minimum absolute atomic E-state index is 0.0244. The van der Waals surface area contributed by atoms with Gasteiger partial charge in [-0.25, -0.2) is 23.1 Å². The Morgan fingerprint density at radius 1 is 1.25 bits per heavy atom. The lowest BCUT2D eigenvalue weighted by Gasteiger charge is -2.09. The fraction of sp³-hybridized carbons (Fsp3) is 0.0769. The van der Waals surface area contributed by atoms with Gasteiger partial charge < -0.3 is 5.73 Å². The second kappa shape index (κ2) is 5.81. The van der Waals surface area contributed by atoms with Crippen LogP contribution in [0.5, 0.6) is 0 Å². The molecule has 6 nitrogen and oxygen atoms in total. The van der Waals surface area contributed by atoms with Gasteiger partial charge in [-0.05, 0) is 18.2 Å². The van der Waals surface area contributed by atoms with Crippen LogP contribution in [0.1, 0.15) is 11.7 Å². The molecule has 3 N–H and O–H groups in total. The molecule has 2 rings (SSSR count). The molecule has 0 spiro atoms. The highest BCUT2D eigenvalue weighted by molar-refractivity contribution is 7.92. The molecule has 104 valence electrons. The molecule has 0 saturated carbocycles. The Labute approximate surface area is 117 Å². The molecule has 0 aliphatic carbocycles. The van der Waals surface area contributed by atoms with Crippen LogP contribution in [0, 0.1) is 0 Å². The van der Waals surface area contributed by atoms with Gasteiger partial charge in [0.1, 0.15) is 0 Å². The van der Waals surface area contributed by atoms with E-state index in [9.17, 15) is 8.42 Å². The summed E-state index contributed by atoms with van der Waals surface area (Å²) in [5.41, 5.74) is 6.24. The van der Waals surface area contributed by atoms with Gasteiger partial charge in [0.2, 0.25) is 5.95 Å². The van der Waals surface area contributed by atoms with Crippen molar-refractivity contribution in [1.29, 1.82) is 0 Å². The van der Waals surface area contributed by atoms with Gasteiger partial charge in [0, 0.05) is 6.20 Å². The number of sulfonamides is 1. The normalized spacial score (nSPS) is 12.7. The molecule has 1 aromatic carbocycles. The molecule has 1 unspecified atom stereocenters. The summed E-state index contributed by atoms with van der Waals surface area (Å²) >= 11 is 0. The maximum atomic E-state index is 12.1. The van der Waals surface area contributed by atoms with Crippen LogP contribution in [0.2, 0.25) is 0 Å². The van der Waals surface area contributed by atoms with Gasteiger partial charge in [0.15, 0.2) is 0 Å². The van der Waals surface area contributed by atoms with Gasteiger partial charge in [-0.15, -0.1) is 6.58 Å². The maximum Gasteiger partial charge on any atom is 0.264 e. The molecular formula is C13H14N4O2S. The third-order valence-electron chi connectivity index (χ3n) is 2.55. The Balaban J connectivity index is 2.28. The van der Waals surface area contributed by atoms with Crippen LogP contribution >= 0.6 is 0 Å². The van der Waals surface area contributed by atoms with Crippen LogP contribution in [0.3, 0.4) is 0 Å². The van der Waals surface area contributed by atoms with Crippen molar-refractivity contribution in [3.05, 3.63) is 60.9 Å². The topological polar surface area (TPSA) is 98.0 Å². The van der Waals surface area contributed by atoms with Crippen molar-refractivity contribution in [1.82, 2.24) is 9.97 Å². The Kier molecular flexibility index (Phi) is 4.11. The second-order valence-electron chi connectivity index (χ2n) is 3.99. The first-order chi connectivity index (χ1) is 9.53. The Morgan fingerprint density at radius 3 is 2.60 bits per heavy atom. The maximum absolute atomic E-state index is 12.1. The first kappa shape index (κ1) is 14.2. The summed E-state index contributed by atoms with van der Waals surface area (Å²) in [5.74, 6) is -0.0244. The lowest BCUT2D eigenvalue weighted by atomic mass is 10.2. The summed E-state index contributed by atoms with van der Waals surface area (Å²) in [5, 5.41) is 0. The number of nitrogens with zero attached hydrogens (tertiary/aromatic N) is 2. The molecule has 1 aromatic heterocycles. The largest absolute Gasteiger partial charge is 0.319 e. The predicted octanol–water partition coefficient (Wildman–Crippen LogP) is 1.46. The van der Waals surface area contributed by atoms with E-state index < -0.39 is 16.1 Å². The summed E-state index contributed by atoms with van der Waals surface area (Å²) in [7, 11) is -3.70. The van der Waals surface area contributed by atoms with Crippen LogP contribution < -0.4 is 10.5 Å². The summed E-state index contributed by atoms with van der Waals surface area (Å²) in [6.45, 7) is 3.56. The zero-order valence-electron chi connectivity index (χ0n) is 10.6. The van der Waals surface area contributed by atoms with E-state index in [0.29, 0.717) is 5.69 Å². The van der Waals surface area contributed by atoms with E-state index in [-0.39, 0.29) is 10.8 Å². The number of hydrogen-bond acceptors (Lipinski definition) is 5. The summed E-state index contributed by atoms with van der Waals surface area (Å²) in [4.78, 5) is 8.07. The standard InChI is InChI=1S/C13H14N4O2S/c1-2-11(14)12-8-9-15-13(16-12)17-20(18,19)10-6-4-3-5-7-10/h2-9,11H,1,14H2,(H,15,16,17). The molecule has 20 heavy (non-hydrogen) atoms. The quantitative estimate of drug-likeness (QED) is 0.812. The van der Waals surface area contributed by atoms with E-state index in [1.165, 1.54) is 24.4 Å². The van der Waals surface area contributed by atoms with E-state index in [1.54, 1.807) is 24.3 Å². The number of nitrogens with one attached hydrogen (secondary N) is 1. The number of hydrogen-bond donors (Lipinski definition) is 2. The van der Waals surface area contributed by atoms with E-state index >= 15 is 0 Å². The molecule has 0 aliphatic rings. The van der Waals surface area contributed by atoms with E-state index in [0.717, 1.165) is 0 Å². The number of nitrogens with two attached hydrogens (primary N) is 1. The van der Waals surface area contributed by atoms with Gasteiger partial charge >= 0.3 is 0 Å². The van der Waals surface area contributed by atoms with Crippen molar-refractivity contribution in [3.8, 4) is 0 Å². The zero-order chi connectivity index (χ0) is 14.6. The molecule has 0 radical (unpaired) electrons. The van der Waals surface area contributed by atoms with Gasteiger partial charge in [0.05, 0.1) is 16.6 Å². The van der Waals surface area contributed by atoms with Gasteiger partial charge in [-0.3, -0.25) is 0 Å². The molecule has 0 fully saturated rings. The predicted molar refractivity (Wildman–Crippen MR) is 76.4 cm³/mol. The summed E-state index contributed by atoms with van der Waals surface area (Å²) in [6, 6.07) is 9.12. The SMILES string of the molecule is C=CC(N)c1ccnc(NS(=O)(=O)c2ccccc2)n1. The third-order valence-corrected chi connectivity index (χ3v) is 3.90. The summed E-state index contributed by atoms with van der Waals surface area (Å²) < 4.78 is 26.5. The molecule has 2 aromatic rings. The van der Waals surface area contributed by atoms with Crippen molar-refractivity contribution in [3.63, 3.8) is 0 Å². The second-order valence-corrected chi connectivity index (χ2v) is 5.67. The van der Waals surface area contributed by atoms with E-state index in [1.807, 2.05) is 0 Å². The van der Waals surface area contributed by atoms with Gasteiger partial charge in [-0.2, -0.15) is 0 Å². The number of benzene rings is 1. The van der Waals surface area contributed by atoms with Crippen molar-refractivity contribution in [2.75, 3.05) is 4.72 Å².